The molecule has 29 heavy (non-hydrogen) atoms. The quantitative estimate of drug-likeness (QED) is 0.624. The minimum Gasteiger partial charge on any atom is -0.449 e. The Morgan fingerprint density at radius 1 is 0.759 bits per heavy atom. The van der Waals surface area contributed by atoms with Crippen LogP contribution in [0.2, 0.25) is 0 Å². The average molecular weight is 392 g/mol. The van der Waals surface area contributed by atoms with Crippen LogP contribution in [0.5, 0.6) is 0 Å². The standard InChI is InChI=1S/C26H33NO2/c28-26(27-20-13-7-5-3-1-2-4-6-8-14-20)29-19-25-23-17-11-9-15-21(23)22-16-10-12-18-24(22)25/h9-12,15-18,20,25H,1-8,13-14,19H2,(H,27,28). The van der Waals surface area contributed by atoms with E-state index in [0.717, 1.165) is 12.8 Å². The largest absolute Gasteiger partial charge is 0.449 e. The third-order valence-electron chi connectivity index (χ3n) is 6.52. The number of hydrogen-bond donors (Lipinski definition) is 1. The molecule has 0 spiro atoms. The molecule has 1 N–H and O–H groups in total. The lowest BCUT2D eigenvalue weighted by Gasteiger charge is -2.20. The van der Waals surface area contributed by atoms with Crippen LogP contribution in [-0.4, -0.2) is 18.7 Å². The summed E-state index contributed by atoms with van der Waals surface area (Å²) in [6.07, 6.45) is 12.2. The summed E-state index contributed by atoms with van der Waals surface area (Å²) in [5, 5.41) is 3.17. The predicted octanol–water partition coefficient (Wildman–Crippen LogP) is 6.81. The average Bonchev–Trinajstić information content (AvgIpc) is 3.03. The van der Waals surface area contributed by atoms with E-state index in [4.69, 9.17) is 4.74 Å². The minimum absolute atomic E-state index is 0.126. The second kappa shape index (κ2) is 9.96. The number of hydrogen-bond acceptors (Lipinski definition) is 2. The molecule has 154 valence electrons. The fraction of sp³-hybridized carbons (Fsp3) is 0.500. The van der Waals surface area contributed by atoms with Crippen LogP contribution in [0.4, 0.5) is 4.79 Å². The van der Waals surface area contributed by atoms with Gasteiger partial charge in [-0.3, -0.25) is 0 Å². The van der Waals surface area contributed by atoms with E-state index in [1.807, 2.05) is 0 Å². The zero-order chi connectivity index (χ0) is 19.9. The van der Waals surface area contributed by atoms with Crippen LogP contribution in [0.25, 0.3) is 11.1 Å². The molecule has 1 fully saturated rings. The zero-order valence-corrected chi connectivity index (χ0v) is 17.4. The number of ether oxygens (including phenoxy) is 1. The van der Waals surface area contributed by atoms with Crippen LogP contribution >= 0.6 is 0 Å². The van der Waals surface area contributed by atoms with Gasteiger partial charge in [-0.2, -0.15) is 0 Å². The van der Waals surface area contributed by atoms with E-state index in [-0.39, 0.29) is 18.1 Å². The SMILES string of the molecule is O=C(NC1CCCCCCCCCC1)OCC1c2ccccc2-c2ccccc21. The van der Waals surface area contributed by atoms with Crippen molar-refractivity contribution in [2.45, 2.75) is 76.2 Å². The van der Waals surface area contributed by atoms with E-state index < -0.39 is 0 Å². The van der Waals surface area contributed by atoms with Crippen LogP contribution < -0.4 is 5.32 Å². The summed E-state index contributed by atoms with van der Waals surface area (Å²) in [6.45, 7) is 0.395. The van der Waals surface area contributed by atoms with Gasteiger partial charge in [0.1, 0.15) is 6.61 Å². The molecule has 0 radical (unpaired) electrons. The van der Waals surface area contributed by atoms with Gasteiger partial charge < -0.3 is 10.1 Å². The van der Waals surface area contributed by atoms with E-state index in [2.05, 4.69) is 53.8 Å². The Hall–Kier alpha value is -2.29. The second-order valence-corrected chi connectivity index (χ2v) is 8.57. The molecule has 3 nitrogen and oxygen atoms in total. The molecule has 0 unspecified atom stereocenters. The number of nitrogens with one attached hydrogen (secondary N) is 1. The molecule has 3 heteroatoms. The van der Waals surface area contributed by atoms with Crippen LogP contribution in [0.15, 0.2) is 48.5 Å². The number of benzene rings is 2. The molecule has 1 saturated carbocycles. The molecule has 2 aliphatic rings. The van der Waals surface area contributed by atoms with Crippen molar-refractivity contribution in [3.8, 4) is 11.1 Å². The summed E-state index contributed by atoms with van der Waals surface area (Å²) in [6, 6.07) is 17.2. The second-order valence-electron chi connectivity index (χ2n) is 8.57. The molecule has 0 heterocycles. The molecule has 2 aliphatic carbocycles. The van der Waals surface area contributed by atoms with Gasteiger partial charge in [-0.05, 0) is 35.1 Å². The van der Waals surface area contributed by atoms with Crippen LogP contribution in [0, 0.1) is 0 Å². The first-order valence-electron chi connectivity index (χ1n) is 11.4. The Labute approximate surface area is 174 Å². The Balaban J connectivity index is 1.35. The highest BCUT2D eigenvalue weighted by Gasteiger charge is 2.29. The van der Waals surface area contributed by atoms with E-state index >= 15 is 0 Å². The number of carbonyl (C=O) groups excluding carboxylic acids is 1. The van der Waals surface area contributed by atoms with Gasteiger partial charge in [0.15, 0.2) is 0 Å². The monoisotopic (exact) mass is 391 g/mol. The number of amides is 1. The van der Waals surface area contributed by atoms with Gasteiger partial charge in [0, 0.05) is 12.0 Å². The van der Waals surface area contributed by atoms with Gasteiger partial charge in [-0.15, -0.1) is 0 Å². The molecule has 1 amide bonds. The summed E-state index contributed by atoms with van der Waals surface area (Å²) in [5.74, 6) is 0.126. The topological polar surface area (TPSA) is 38.3 Å². The fourth-order valence-electron chi connectivity index (χ4n) is 4.94. The molecule has 0 saturated heterocycles. The first-order chi connectivity index (χ1) is 14.3. The smallest absolute Gasteiger partial charge is 0.407 e. The molecule has 0 atom stereocenters. The van der Waals surface area contributed by atoms with Crippen molar-refractivity contribution in [3.63, 3.8) is 0 Å². The Kier molecular flexibility index (Phi) is 6.87. The van der Waals surface area contributed by atoms with Crippen molar-refractivity contribution in [1.82, 2.24) is 5.32 Å². The summed E-state index contributed by atoms with van der Waals surface area (Å²) in [7, 11) is 0. The maximum absolute atomic E-state index is 12.6. The number of carbonyl (C=O) groups is 1. The van der Waals surface area contributed by atoms with Crippen molar-refractivity contribution < 1.29 is 9.53 Å². The van der Waals surface area contributed by atoms with Gasteiger partial charge in [0.2, 0.25) is 0 Å². The van der Waals surface area contributed by atoms with Crippen LogP contribution in [0.1, 0.15) is 81.3 Å². The number of alkyl carbamates (subject to hydrolysis) is 1. The van der Waals surface area contributed by atoms with Gasteiger partial charge in [-0.1, -0.05) is 99.9 Å². The fourth-order valence-corrected chi connectivity index (χ4v) is 4.94. The molecular weight excluding hydrogens is 358 g/mol. The van der Waals surface area contributed by atoms with Gasteiger partial charge in [0.05, 0.1) is 0 Å². The molecule has 0 aromatic heterocycles. The molecule has 0 bridgehead atoms. The van der Waals surface area contributed by atoms with E-state index in [1.54, 1.807) is 0 Å². The molecule has 2 aromatic rings. The van der Waals surface area contributed by atoms with E-state index in [1.165, 1.54) is 73.6 Å². The maximum Gasteiger partial charge on any atom is 0.407 e. The first kappa shape index (κ1) is 20.0. The van der Waals surface area contributed by atoms with Crippen molar-refractivity contribution in [3.05, 3.63) is 59.7 Å². The summed E-state index contributed by atoms with van der Waals surface area (Å²) >= 11 is 0. The zero-order valence-electron chi connectivity index (χ0n) is 17.4. The van der Waals surface area contributed by atoms with Crippen molar-refractivity contribution in [2.24, 2.45) is 0 Å². The van der Waals surface area contributed by atoms with Crippen molar-refractivity contribution in [2.75, 3.05) is 6.61 Å². The summed E-state index contributed by atoms with van der Waals surface area (Å²) in [4.78, 5) is 12.6. The van der Waals surface area contributed by atoms with E-state index in [9.17, 15) is 4.79 Å². The number of rotatable bonds is 3. The predicted molar refractivity (Wildman–Crippen MR) is 118 cm³/mol. The molecule has 2 aromatic carbocycles. The third-order valence-corrected chi connectivity index (χ3v) is 6.52. The summed E-state index contributed by atoms with van der Waals surface area (Å²) in [5.41, 5.74) is 5.05. The molecule has 4 rings (SSSR count). The lowest BCUT2D eigenvalue weighted by atomic mass is 9.98. The van der Waals surface area contributed by atoms with Crippen molar-refractivity contribution in [1.29, 1.82) is 0 Å². The molecular formula is C26H33NO2. The Morgan fingerprint density at radius 3 is 1.79 bits per heavy atom. The number of fused-ring (bicyclic) bond motifs is 3. The molecule has 0 aliphatic heterocycles. The normalized spacial score (nSPS) is 18.3. The van der Waals surface area contributed by atoms with Gasteiger partial charge in [-0.25, -0.2) is 4.79 Å². The van der Waals surface area contributed by atoms with Crippen LogP contribution in [-0.2, 0) is 4.74 Å². The van der Waals surface area contributed by atoms with E-state index in [0.29, 0.717) is 6.61 Å². The lowest BCUT2D eigenvalue weighted by Crippen LogP contribution is -2.36. The lowest BCUT2D eigenvalue weighted by molar-refractivity contribution is 0.137. The highest BCUT2D eigenvalue weighted by atomic mass is 16.5. The minimum atomic E-state index is -0.258. The van der Waals surface area contributed by atoms with Crippen LogP contribution in [0.3, 0.4) is 0 Å². The first-order valence-corrected chi connectivity index (χ1v) is 11.4. The highest BCUT2D eigenvalue weighted by molar-refractivity contribution is 5.79. The van der Waals surface area contributed by atoms with Gasteiger partial charge >= 0.3 is 6.09 Å². The van der Waals surface area contributed by atoms with Crippen molar-refractivity contribution >= 4 is 6.09 Å². The Morgan fingerprint density at radius 2 is 1.24 bits per heavy atom. The maximum atomic E-state index is 12.6. The van der Waals surface area contributed by atoms with Gasteiger partial charge in [0.25, 0.3) is 0 Å². The highest BCUT2D eigenvalue weighted by Crippen LogP contribution is 2.44. The Bertz CT molecular complexity index is 758. The summed E-state index contributed by atoms with van der Waals surface area (Å²) < 4.78 is 5.75. The third kappa shape index (κ3) is 5.01.